The van der Waals surface area contributed by atoms with Crippen LogP contribution in [0, 0.1) is 3.57 Å². The molecule has 20 heavy (non-hydrogen) atoms. The summed E-state index contributed by atoms with van der Waals surface area (Å²) < 4.78 is 12.3. The van der Waals surface area contributed by atoms with Crippen LogP contribution in [-0.2, 0) is 20.8 Å². The largest absolute Gasteiger partial charge is 0.467 e. The summed E-state index contributed by atoms with van der Waals surface area (Å²) in [6, 6.07) is -0.856. The van der Waals surface area contributed by atoms with Crippen molar-refractivity contribution in [2.24, 2.45) is 0 Å². The van der Waals surface area contributed by atoms with Crippen LogP contribution in [0.2, 0.25) is 0 Å². The van der Waals surface area contributed by atoms with Gasteiger partial charge in [0.15, 0.2) is 0 Å². The van der Waals surface area contributed by atoms with Crippen molar-refractivity contribution in [3.05, 3.63) is 16.0 Å². The first-order valence-corrected chi connectivity index (χ1v) is 7.04. The van der Waals surface area contributed by atoms with Crippen LogP contribution in [0.1, 0.15) is 20.8 Å². The van der Waals surface area contributed by atoms with Gasteiger partial charge in [0.05, 0.1) is 23.4 Å². The first-order valence-electron chi connectivity index (χ1n) is 5.96. The Bertz CT molecular complexity index is 481. The number of alkyl carbamates (subject to hydrolysis) is 1. The summed E-state index contributed by atoms with van der Waals surface area (Å²) in [5.74, 6) is -0.554. The molecule has 0 spiro atoms. The highest BCUT2D eigenvalue weighted by atomic mass is 127. The Balaban J connectivity index is 2.70. The third kappa shape index (κ3) is 5.76. The van der Waals surface area contributed by atoms with Crippen molar-refractivity contribution in [3.63, 3.8) is 0 Å². The number of ether oxygens (including phenoxy) is 2. The second-order valence-electron chi connectivity index (χ2n) is 5.10. The van der Waals surface area contributed by atoms with Gasteiger partial charge in [0.25, 0.3) is 0 Å². The molecular weight excluding hydrogens is 377 g/mol. The zero-order valence-electron chi connectivity index (χ0n) is 11.8. The normalized spacial score (nSPS) is 12.7. The molecule has 1 heterocycles. The third-order valence-electron chi connectivity index (χ3n) is 2.15. The van der Waals surface area contributed by atoms with Gasteiger partial charge < -0.3 is 14.8 Å². The summed E-state index contributed by atoms with van der Waals surface area (Å²) >= 11 is 2.11. The number of nitrogens with zero attached hydrogens (tertiary/aromatic N) is 2. The highest BCUT2D eigenvalue weighted by molar-refractivity contribution is 14.1. The van der Waals surface area contributed by atoms with Crippen LogP contribution < -0.4 is 5.32 Å². The number of esters is 1. The minimum atomic E-state index is -0.856. The Kier molecular flexibility index (Phi) is 5.78. The number of carbonyl (C=O) groups is 2. The van der Waals surface area contributed by atoms with Crippen molar-refractivity contribution in [1.82, 2.24) is 15.1 Å². The number of halogens is 1. The molecule has 0 saturated carbocycles. The van der Waals surface area contributed by atoms with Gasteiger partial charge in [0.1, 0.15) is 11.6 Å². The molecule has 1 rings (SSSR count). The number of rotatable bonds is 4. The van der Waals surface area contributed by atoms with Crippen LogP contribution in [0.15, 0.2) is 12.4 Å². The lowest BCUT2D eigenvalue weighted by Gasteiger charge is -2.22. The lowest BCUT2D eigenvalue weighted by atomic mass is 10.2. The number of hydrogen-bond donors (Lipinski definition) is 1. The van der Waals surface area contributed by atoms with E-state index in [1.165, 1.54) is 7.11 Å². The Hall–Kier alpha value is -1.32. The number of carbonyl (C=O) groups excluding carboxylic acids is 2. The lowest BCUT2D eigenvalue weighted by Crippen LogP contribution is -2.46. The molecule has 1 aromatic rings. The van der Waals surface area contributed by atoms with E-state index in [1.807, 2.05) is 0 Å². The maximum Gasteiger partial charge on any atom is 0.408 e. The number of aromatic nitrogens is 2. The number of amides is 1. The van der Waals surface area contributed by atoms with Crippen LogP contribution in [0.5, 0.6) is 0 Å². The standard InChI is InChI=1S/C12H18IN3O4/c1-12(2,3)20-11(18)15-9(10(17)19-4)7-16-6-8(13)5-14-16/h5-6,9H,7H2,1-4H3,(H,15,18)/t9-/m0/s1. The molecule has 0 bridgehead atoms. The molecule has 8 heteroatoms. The Morgan fingerprint density at radius 3 is 2.60 bits per heavy atom. The van der Waals surface area contributed by atoms with Crippen LogP contribution in [-0.4, -0.2) is 40.6 Å². The van der Waals surface area contributed by atoms with Crippen molar-refractivity contribution in [2.45, 2.75) is 39.0 Å². The van der Waals surface area contributed by atoms with E-state index in [1.54, 1.807) is 37.8 Å². The van der Waals surface area contributed by atoms with E-state index in [-0.39, 0.29) is 6.54 Å². The highest BCUT2D eigenvalue weighted by Gasteiger charge is 2.25. The molecular formula is C12H18IN3O4. The van der Waals surface area contributed by atoms with E-state index in [4.69, 9.17) is 4.74 Å². The minimum absolute atomic E-state index is 0.176. The van der Waals surface area contributed by atoms with Crippen molar-refractivity contribution >= 4 is 34.7 Å². The molecule has 0 aliphatic heterocycles. The van der Waals surface area contributed by atoms with Gasteiger partial charge in [-0.2, -0.15) is 5.10 Å². The van der Waals surface area contributed by atoms with Gasteiger partial charge in [0.2, 0.25) is 0 Å². The van der Waals surface area contributed by atoms with Crippen molar-refractivity contribution in [2.75, 3.05) is 7.11 Å². The third-order valence-corrected chi connectivity index (χ3v) is 2.71. The van der Waals surface area contributed by atoms with E-state index in [0.717, 1.165) is 3.57 Å². The van der Waals surface area contributed by atoms with Gasteiger partial charge in [0, 0.05) is 6.20 Å². The maximum absolute atomic E-state index is 11.7. The molecule has 1 amide bonds. The first kappa shape index (κ1) is 16.7. The topological polar surface area (TPSA) is 82.5 Å². The summed E-state index contributed by atoms with van der Waals surface area (Å²) in [5.41, 5.74) is -0.633. The van der Waals surface area contributed by atoms with Crippen LogP contribution in [0.25, 0.3) is 0 Å². The summed E-state index contributed by atoms with van der Waals surface area (Å²) in [7, 11) is 1.26. The molecule has 0 fully saturated rings. The second-order valence-corrected chi connectivity index (χ2v) is 6.35. The number of nitrogens with one attached hydrogen (secondary N) is 1. The van der Waals surface area contributed by atoms with Crippen LogP contribution >= 0.6 is 22.6 Å². The molecule has 0 aliphatic rings. The Morgan fingerprint density at radius 1 is 1.50 bits per heavy atom. The van der Waals surface area contributed by atoms with E-state index < -0.39 is 23.7 Å². The zero-order chi connectivity index (χ0) is 15.3. The van der Waals surface area contributed by atoms with Gasteiger partial charge >= 0.3 is 12.1 Å². The summed E-state index contributed by atoms with van der Waals surface area (Å²) in [6.07, 6.45) is 2.74. The molecule has 7 nitrogen and oxygen atoms in total. The van der Waals surface area contributed by atoms with Crippen molar-refractivity contribution in [3.8, 4) is 0 Å². The average Bonchev–Trinajstić information content (AvgIpc) is 2.70. The molecule has 1 aromatic heterocycles. The predicted octanol–water partition coefficient (Wildman–Crippen LogP) is 1.55. The maximum atomic E-state index is 11.7. The van der Waals surface area contributed by atoms with Crippen molar-refractivity contribution in [1.29, 1.82) is 0 Å². The van der Waals surface area contributed by atoms with E-state index in [0.29, 0.717) is 0 Å². The number of hydrogen-bond acceptors (Lipinski definition) is 5. The monoisotopic (exact) mass is 395 g/mol. The summed E-state index contributed by atoms with van der Waals surface area (Å²) in [4.78, 5) is 23.4. The molecule has 0 aromatic carbocycles. The van der Waals surface area contributed by atoms with Gasteiger partial charge in [-0.1, -0.05) is 0 Å². The zero-order valence-corrected chi connectivity index (χ0v) is 14.0. The minimum Gasteiger partial charge on any atom is -0.467 e. The second kappa shape index (κ2) is 6.91. The first-order chi connectivity index (χ1) is 9.21. The highest BCUT2D eigenvalue weighted by Crippen LogP contribution is 2.08. The Morgan fingerprint density at radius 2 is 2.15 bits per heavy atom. The van der Waals surface area contributed by atoms with Crippen molar-refractivity contribution < 1.29 is 19.1 Å². The molecule has 0 unspecified atom stereocenters. The predicted molar refractivity (Wildman–Crippen MR) is 80.1 cm³/mol. The fourth-order valence-corrected chi connectivity index (χ4v) is 1.84. The van der Waals surface area contributed by atoms with Crippen LogP contribution in [0.4, 0.5) is 4.79 Å². The smallest absolute Gasteiger partial charge is 0.408 e. The molecule has 0 saturated heterocycles. The molecule has 0 radical (unpaired) electrons. The molecule has 0 aliphatic carbocycles. The molecule has 1 N–H and O–H groups in total. The molecule has 112 valence electrons. The van der Waals surface area contributed by atoms with E-state index >= 15 is 0 Å². The fraction of sp³-hybridized carbons (Fsp3) is 0.583. The lowest BCUT2D eigenvalue weighted by molar-refractivity contribution is -0.143. The van der Waals surface area contributed by atoms with Crippen LogP contribution in [0.3, 0.4) is 0 Å². The molecule has 1 atom stereocenters. The summed E-state index contributed by atoms with van der Waals surface area (Å²) in [6.45, 7) is 5.41. The van der Waals surface area contributed by atoms with E-state index in [2.05, 4.69) is 37.7 Å². The number of methoxy groups -OCH3 is 1. The quantitative estimate of drug-likeness (QED) is 0.618. The van der Waals surface area contributed by atoms with Gasteiger partial charge in [-0.15, -0.1) is 0 Å². The van der Waals surface area contributed by atoms with E-state index in [9.17, 15) is 9.59 Å². The van der Waals surface area contributed by atoms with Gasteiger partial charge in [-0.25, -0.2) is 9.59 Å². The average molecular weight is 395 g/mol. The summed E-state index contributed by atoms with van der Waals surface area (Å²) in [5, 5.41) is 6.55. The fourth-order valence-electron chi connectivity index (χ4n) is 1.40. The Labute approximate surface area is 131 Å². The SMILES string of the molecule is COC(=O)[C@H](Cn1cc(I)cn1)NC(=O)OC(C)(C)C. The van der Waals surface area contributed by atoms with Gasteiger partial charge in [-0.05, 0) is 43.4 Å². The van der Waals surface area contributed by atoms with Gasteiger partial charge in [-0.3, -0.25) is 4.68 Å².